The number of rotatable bonds is 4. The lowest BCUT2D eigenvalue weighted by Gasteiger charge is -1.97. The van der Waals surface area contributed by atoms with E-state index in [9.17, 15) is 9.59 Å². The number of hydrogen-bond donors (Lipinski definition) is 1. The quantitative estimate of drug-likeness (QED) is 0.688. The summed E-state index contributed by atoms with van der Waals surface area (Å²) in [5.41, 5.74) is 5.57. The summed E-state index contributed by atoms with van der Waals surface area (Å²) in [7, 11) is 0. The first-order valence-electron chi connectivity index (χ1n) is 5.14. The molecule has 2 rings (SSSR count). The van der Waals surface area contributed by atoms with Crippen LogP contribution in [0, 0.1) is 0 Å². The van der Waals surface area contributed by atoms with Crippen molar-refractivity contribution in [2.24, 2.45) is 5.73 Å². The van der Waals surface area contributed by atoms with E-state index in [0.717, 1.165) is 3.79 Å². The fraction of sp³-hybridized carbons (Fsp3) is 0.0833. The summed E-state index contributed by atoms with van der Waals surface area (Å²) in [6, 6.07) is 6.92. The number of nitrogens with zero attached hydrogens (tertiary/aromatic N) is 1. The number of nitrogens with two attached hydrogens (primary N) is 1. The van der Waals surface area contributed by atoms with Crippen LogP contribution in [0.4, 0.5) is 0 Å². The van der Waals surface area contributed by atoms with Crippen molar-refractivity contribution in [3.8, 4) is 0 Å². The van der Waals surface area contributed by atoms with Crippen LogP contribution in [0.2, 0.25) is 0 Å². The summed E-state index contributed by atoms with van der Waals surface area (Å²) in [6.07, 6.45) is 3.30. The van der Waals surface area contributed by atoms with Crippen molar-refractivity contribution in [3.63, 3.8) is 0 Å². The van der Waals surface area contributed by atoms with Crippen molar-refractivity contribution in [2.45, 2.75) is 6.54 Å². The van der Waals surface area contributed by atoms with Crippen LogP contribution in [-0.4, -0.2) is 11.7 Å². The van der Waals surface area contributed by atoms with E-state index in [0.29, 0.717) is 10.4 Å². The molecule has 0 atom stereocenters. The Morgan fingerprint density at radius 2 is 2.11 bits per heavy atom. The Balaban J connectivity index is 2.16. The summed E-state index contributed by atoms with van der Waals surface area (Å²) in [6.45, 7) is 0.189. The Bertz CT molecular complexity index is 610. The van der Waals surface area contributed by atoms with E-state index in [4.69, 9.17) is 5.73 Å². The molecular weight excluding hydrogens is 316 g/mol. The molecular formula is C12H10BrN2O2S+. The van der Waals surface area contributed by atoms with Gasteiger partial charge in [0.05, 0.1) is 8.66 Å². The molecule has 1 amide bonds. The normalized spacial score (nSPS) is 10.3. The summed E-state index contributed by atoms with van der Waals surface area (Å²) in [5.74, 6) is -0.506. The minimum atomic E-state index is -0.504. The average molecular weight is 326 g/mol. The molecule has 2 heterocycles. The predicted octanol–water partition coefficient (Wildman–Crippen LogP) is 1.78. The van der Waals surface area contributed by atoms with Crippen LogP contribution < -0.4 is 10.3 Å². The first-order valence-corrected chi connectivity index (χ1v) is 6.74. The first-order chi connectivity index (χ1) is 8.56. The van der Waals surface area contributed by atoms with Gasteiger partial charge in [0.15, 0.2) is 12.4 Å². The fourth-order valence-electron chi connectivity index (χ4n) is 1.47. The van der Waals surface area contributed by atoms with Gasteiger partial charge in [-0.25, -0.2) is 0 Å². The topological polar surface area (TPSA) is 64.0 Å². The number of Topliss-reactive ketones (excluding diaryl/α,β-unsaturated/α-hetero) is 1. The number of thiophene rings is 1. The Morgan fingerprint density at radius 3 is 2.72 bits per heavy atom. The monoisotopic (exact) mass is 325 g/mol. The maximum Gasteiger partial charge on any atom is 0.254 e. The zero-order chi connectivity index (χ0) is 13.1. The number of primary amides is 1. The molecule has 2 N–H and O–H groups in total. The van der Waals surface area contributed by atoms with Crippen molar-refractivity contribution >= 4 is 39.0 Å². The van der Waals surface area contributed by atoms with Gasteiger partial charge in [0.2, 0.25) is 12.3 Å². The zero-order valence-electron chi connectivity index (χ0n) is 9.30. The number of ketones is 1. The van der Waals surface area contributed by atoms with Crippen LogP contribution in [0.3, 0.4) is 0 Å². The molecule has 18 heavy (non-hydrogen) atoms. The van der Waals surface area contributed by atoms with E-state index in [2.05, 4.69) is 15.9 Å². The number of carbonyl (C=O) groups excluding carboxylic acids is 2. The SMILES string of the molecule is NC(=O)c1ccc[n+](CC(=O)c2ccc(Br)s2)c1. The van der Waals surface area contributed by atoms with Gasteiger partial charge < -0.3 is 5.73 Å². The van der Waals surface area contributed by atoms with Crippen LogP contribution >= 0.6 is 27.3 Å². The summed E-state index contributed by atoms with van der Waals surface area (Å²) in [5, 5.41) is 0. The standard InChI is InChI=1S/C12H9BrN2O2S/c13-11-4-3-10(18-11)9(16)7-15-5-1-2-8(6-15)12(14)17/h1-6H,7H2,(H-,14,17)/p+1. The Labute approximate surface area is 116 Å². The second kappa shape index (κ2) is 5.41. The van der Waals surface area contributed by atoms with Gasteiger partial charge in [-0.2, -0.15) is 4.57 Å². The predicted molar refractivity (Wildman–Crippen MR) is 71.5 cm³/mol. The number of carbonyl (C=O) groups is 2. The van der Waals surface area contributed by atoms with Crippen LogP contribution in [-0.2, 0) is 6.54 Å². The molecule has 0 bridgehead atoms. The molecule has 2 aromatic rings. The second-order valence-corrected chi connectivity index (χ2v) is 6.12. The summed E-state index contributed by atoms with van der Waals surface area (Å²) in [4.78, 5) is 23.7. The Morgan fingerprint density at radius 1 is 1.33 bits per heavy atom. The molecule has 0 aliphatic rings. The number of halogens is 1. The van der Waals surface area contributed by atoms with E-state index in [1.165, 1.54) is 11.3 Å². The molecule has 0 spiro atoms. The third kappa shape index (κ3) is 3.02. The van der Waals surface area contributed by atoms with Gasteiger partial charge in [-0.1, -0.05) is 0 Å². The minimum absolute atomic E-state index is 0.00248. The molecule has 0 saturated heterocycles. The van der Waals surface area contributed by atoms with Crippen molar-refractivity contribution in [1.29, 1.82) is 0 Å². The Kier molecular flexibility index (Phi) is 3.88. The van der Waals surface area contributed by atoms with Crippen LogP contribution in [0.15, 0.2) is 40.4 Å². The molecule has 0 fully saturated rings. The van der Waals surface area contributed by atoms with E-state index in [1.807, 2.05) is 6.07 Å². The number of aromatic nitrogens is 1. The van der Waals surface area contributed by atoms with Crippen molar-refractivity contribution in [1.82, 2.24) is 0 Å². The summed E-state index contributed by atoms with van der Waals surface area (Å²) < 4.78 is 2.57. The van der Waals surface area contributed by atoms with Gasteiger partial charge in [0.25, 0.3) is 5.91 Å². The lowest BCUT2D eigenvalue weighted by molar-refractivity contribution is -0.683. The molecule has 0 unspecified atom stereocenters. The van der Waals surface area contributed by atoms with Gasteiger partial charge >= 0.3 is 0 Å². The first kappa shape index (κ1) is 12.9. The lowest BCUT2D eigenvalue weighted by Crippen LogP contribution is -2.38. The van der Waals surface area contributed by atoms with Gasteiger partial charge in [-0.15, -0.1) is 11.3 Å². The largest absolute Gasteiger partial charge is 0.365 e. The summed E-state index contributed by atoms with van der Waals surface area (Å²) >= 11 is 4.70. The number of pyridine rings is 1. The van der Waals surface area contributed by atoms with Gasteiger partial charge in [0.1, 0.15) is 5.56 Å². The number of hydrogen-bond acceptors (Lipinski definition) is 3. The fourth-order valence-corrected chi connectivity index (χ4v) is 2.79. The van der Waals surface area contributed by atoms with E-state index in [-0.39, 0.29) is 12.3 Å². The van der Waals surface area contributed by atoms with E-state index in [1.54, 1.807) is 35.2 Å². The molecule has 0 aliphatic carbocycles. The molecule has 6 heteroatoms. The molecule has 0 radical (unpaired) electrons. The second-order valence-electron chi connectivity index (χ2n) is 3.66. The highest BCUT2D eigenvalue weighted by Gasteiger charge is 2.15. The molecule has 2 aromatic heterocycles. The minimum Gasteiger partial charge on any atom is -0.365 e. The van der Waals surface area contributed by atoms with Crippen LogP contribution in [0.1, 0.15) is 20.0 Å². The molecule has 0 aromatic carbocycles. The third-order valence-electron chi connectivity index (χ3n) is 2.32. The number of amides is 1. The average Bonchev–Trinajstić information content (AvgIpc) is 2.76. The van der Waals surface area contributed by atoms with Crippen molar-refractivity contribution in [2.75, 3.05) is 0 Å². The molecule has 92 valence electrons. The third-order valence-corrected chi connectivity index (χ3v) is 3.98. The highest BCUT2D eigenvalue weighted by atomic mass is 79.9. The van der Waals surface area contributed by atoms with Gasteiger partial charge in [-0.05, 0) is 34.1 Å². The molecule has 4 nitrogen and oxygen atoms in total. The highest BCUT2D eigenvalue weighted by molar-refractivity contribution is 9.11. The lowest BCUT2D eigenvalue weighted by atomic mass is 10.2. The van der Waals surface area contributed by atoms with Crippen LogP contribution in [0.25, 0.3) is 0 Å². The maximum atomic E-state index is 12.0. The van der Waals surface area contributed by atoms with Gasteiger partial charge in [-0.3, -0.25) is 9.59 Å². The molecule has 0 aliphatic heterocycles. The zero-order valence-corrected chi connectivity index (χ0v) is 11.7. The Hall–Kier alpha value is -1.53. The van der Waals surface area contributed by atoms with E-state index < -0.39 is 5.91 Å². The van der Waals surface area contributed by atoms with Crippen molar-refractivity contribution < 1.29 is 14.2 Å². The highest BCUT2D eigenvalue weighted by Crippen LogP contribution is 2.22. The van der Waals surface area contributed by atoms with Gasteiger partial charge in [0, 0.05) is 6.07 Å². The molecule has 0 saturated carbocycles. The smallest absolute Gasteiger partial charge is 0.254 e. The van der Waals surface area contributed by atoms with Crippen LogP contribution in [0.5, 0.6) is 0 Å². The van der Waals surface area contributed by atoms with E-state index >= 15 is 0 Å². The maximum absolute atomic E-state index is 12.0. The van der Waals surface area contributed by atoms with Crippen molar-refractivity contribution in [3.05, 3.63) is 50.9 Å².